The van der Waals surface area contributed by atoms with Crippen molar-refractivity contribution in [2.75, 3.05) is 0 Å². The van der Waals surface area contributed by atoms with Crippen molar-refractivity contribution in [2.45, 2.75) is 38.9 Å². The van der Waals surface area contributed by atoms with Gasteiger partial charge in [-0.25, -0.2) is 0 Å². The zero-order chi connectivity index (χ0) is 11.7. The maximum Gasteiger partial charge on any atom is 0.252 e. The lowest BCUT2D eigenvalue weighted by Gasteiger charge is -2.27. The van der Waals surface area contributed by atoms with Crippen LogP contribution in [0.2, 0.25) is 0 Å². The summed E-state index contributed by atoms with van der Waals surface area (Å²) in [5.74, 6) is 0.0888. The van der Waals surface area contributed by atoms with E-state index in [2.05, 4.69) is 0 Å². The number of ether oxygens (including phenoxy) is 1. The molecule has 1 fully saturated rings. The average molecular weight is 223 g/mol. The van der Waals surface area contributed by atoms with Crippen LogP contribution < -0.4 is 0 Å². The Morgan fingerprint density at radius 1 is 1.50 bits per heavy atom. The number of nitro groups is 1. The Morgan fingerprint density at radius 2 is 2.19 bits per heavy atom. The molecule has 4 nitrogen and oxygen atoms in total. The van der Waals surface area contributed by atoms with Crippen LogP contribution in [0.5, 0.6) is 0 Å². The summed E-state index contributed by atoms with van der Waals surface area (Å²) < 4.78 is 5.82. The predicted octanol–water partition coefficient (Wildman–Crippen LogP) is 2.54. The molecule has 88 valence electrons. The molecule has 2 rings (SSSR count). The number of rotatable bonds is 4. The molecule has 0 amide bonds. The van der Waals surface area contributed by atoms with Crippen molar-refractivity contribution in [1.82, 2.24) is 0 Å². The highest BCUT2D eigenvalue weighted by molar-refractivity contribution is 5.20. The molecule has 2 aliphatic rings. The molecule has 0 saturated heterocycles. The Kier molecular flexibility index (Phi) is 3.10. The third-order valence-electron chi connectivity index (χ3n) is 3.07. The predicted molar refractivity (Wildman–Crippen MR) is 60.4 cm³/mol. The highest BCUT2D eigenvalue weighted by Crippen LogP contribution is 2.35. The fourth-order valence-electron chi connectivity index (χ4n) is 2.12. The van der Waals surface area contributed by atoms with Gasteiger partial charge in [0.2, 0.25) is 0 Å². The van der Waals surface area contributed by atoms with Gasteiger partial charge in [-0.3, -0.25) is 10.1 Å². The molecule has 2 aliphatic carbocycles. The summed E-state index contributed by atoms with van der Waals surface area (Å²) in [6.07, 6.45) is 7.65. The summed E-state index contributed by atoms with van der Waals surface area (Å²) in [6, 6.07) is 0. The lowest BCUT2D eigenvalue weighted by molar-refractivity contribution is -0.437. The van der Waals surface area contributed by atoms with E-state index in [-0.39, 0.29) is 28.6 Å². The van der Waals surface area contributed by atoms with Crippen LogP contribution in [0.25, 0.3) is 0 Å². The number of nitrogens with zero attached hydrogens (tertiary/aromatic N) is 1. The van der Waals surface area contributed by atoms with Crippen LogP contribution in [-0.4, -0.2) is 17.1 Å². The molecule has 0 heterocycles. The quantitative estimate of drug-likeness (QED) is 0.543. The van der Waals surface area contributed by atoms with Gasteiger partial charge in [0.05, 0.1) is 23.0 Å². The molecular formula is C12H17NO3. The molecule has 0 bridgehead atoms. The molecule has 16 heavy (non-hydrogen) atoms. The van der Waals surface area contributed by atoms with Crippen LogP contribution in [0.15, 0.2) is 23.9 Å². The van der Waals surface area contributed by atoms with E-state index < -0.39 is 0 Å². The monoisotopic (exact) mass is 223 g/mol. The summed E-state index contributed by atoms with van der Waals surface area (Å²) in [7, 11) is 0. The Hall–Kier alpha value is -1.16. The van der Waals surface area contributed by atoms with E-state index in [0.29, 0.717) is 6.10 Å². The third-order valence-corrected chi connectivity index (χ3v) is 3.07. The molecular weight excluding hydrogens is 206 g/mol. The lowest BCUT2D eigenvalue weighted by Crippen LogP contribution is -2.33. The first-order chi connectivity index (χ1) is 7.59. The zero-order valence-electron chi connectivity index (χ0n) is 9.63. The van der Waals surface area contributed by atoms with Gasteiger partial charge in [-0.05, 0) is 18.8 Å². The molecule has 0 radical (unpaired) electrons. The average Bonchev–Trinajstić information content (AvgIpc) is 3.00. The van der Waals surface area contributed by atoms with Gasteiger partial charge in [-0.2, -0.15) is 0 Å². The largest absolute Gasteiger partial charge is 0.370 e. The van der Waals surface area contributed by atoms with Crippen LogP contribution in [-0.2, 0) is 4.74 Å². The Balaban J connectivity index is 2.16. The van der Waals surface area contributed by atoms with Crippen LogP contribution in [0.4, 0.5) is 0 Å². The van der Waals surface area contributed by atoms with Crippen molar-refractivity contribution < 1.29 is 9.66 Å². The van der Waals surface area contributed by atoms with Crippen molar-refractivity contribution in [3.8, 4) is 0 Å². The SMILES string of the molecule is CC(C)C1C([N+](=O)[O-])=CC=CC1OC1CC1. The summed E-state index contributed by atoms with van der Waals surface area (Å²) in [5.41, 5.74) is 0.281. The van der Waals surface area contributed by atoms with E-state index >= 15 is 0 Å². The first-order valence-electron chi connectivity index (χ1n) is 5.78. The molecule has 1 saturated carbocycles. The molecule has 0 aromatic heterocycles. The standard InChI is InChI=1S/C12H17NO3/c1-8(2)12-10(13(14)15)4-3-5-11(12)16-9-6-7-9/h3-5,8-9,11-12H,6-7H2,1-2H3. The molecule has 0 N–H and O–H groups in total. The highest BCUT2D eigenvalue weighted by Gasteiger charge is 2.39. The van der Waals surface area contributed by atoms with Crippen molar-refractivity contribution in [3.63, 3.8) is 0 Å². The Morgan fingerprint density at radius 3 is 2.69 bits per heavy atom. The maximum atomic E-state index is 11.0. The van der Waals surface area contributed by atoms with Gasteiger partial charge < -0.3 is 4.74 Å². The highest BCUT2D eigenvalue weighted by atomic mass is 16.6. The van der Waals surface area contributed by atoms with Gasteiger partial charge in [-0.15, -0.1) is 0 Å². The van der Waals surface area contributed by atoms with Crippen molar-refractivity contribution in [1.29, 1.82) is 0 Å². The zero-order valence-corrected chi connectivity index (χ0v) is 9.63. The number of hydrogen-bond acceptors (Lipinski definition) is 3. The van der Waals surface area contributed by atoms with Crippen LogP contribution in [0, 0.1) is 22.0 Å². The summed E-state index contributed by atoms with van der Waals surface area (Å²) in [5, 5.41) is 11.0. The van der Waals surface area contributed by atoms with E-state index in [4.69, 9.17) is 4.74 Å². The van der Waals surface area contributed by atoms with Gasteiger partial charge in [-0.1, -0.05) is 26.0 Å². The summed E-state index contributed by atoms with van der Waals surface area (Å²) in [4.78, 5) is 10.7. The van der Waals surface area contributed by atoms with Crippen molar-refractivity contribution >= 4 is 0 Å². The maximum absolute atomic E-state index is 11.0. The van der Waals surface area contributed by atoms with E-state index in [9.17, 15) is 10.1 Å². The van der Waals surface area contributed by atoms with Gasteiger partial charge in [0.15, 0.2) is 0 Å². The molecule has 0 aromatic rings. The normalized spacial score (nSPS) is 29.3. The number of allylic oxidation sites excluding steroid dienone is 2. The summed E-state index contributed by atoms with van der Waals surface area (Å²) in [6.45, 7) is 4.01. The van der Waals surface area contributed by atoms with E-state index in [1.165, 1.54) is 0 Å². The fourth-order valence-corrected chi connectivity index (χ4v) is 2.12. The smallest absolute Gasteiger partial charge is 0.252 e. The summed E-state index contributed by atoms with van der Waals surface area (Å²) >= 11 is 0. The second-order valence-corrected chi connectivity index (χ2v) is 4.80. The van der Waals surface area contributed by atoms with Gasteiger partial charge >= 0.3 is 0 Å². The van der Waals surface area contributed by atoms with Crippen LogP contribution >= 0.6 is 0 Å². The molecule has 0 spiro atoms. The number of hydrogen-bond donors (Lipinski definition) is 0. The first kappa shape index (κ1) is 11.3. The van der Waals surface area contributed by atoms with Crippen LogP contribution in [0.3, 0.4) is 0 Å². The van der Waals surface area contributed by atoms with Gasteiger partial charge in [0.25, 0.3) is 5.70 Å². The molecule has 4 heteroatoms. The topological polar surface area (TPSA) is 52.4 Å². The Labute approximate surface area is 95.1 Å². The lowest BCUT2D eigenvalue weighted by atomic mass is 9.84. The van der Waals surface area contributed by atoms with Crippen molar-refractivity contribution in [2.24, 2.45) is 11.8 Å². The molecule has 0 aliphatic heterocycles. The second kappa shape index (κ2) is 4.37. The van der Waals surface area contributed by atoms with E-state index in [0.717, 1.165) is 12.8 Å². The Bertz CT molecular complexity index is 342. The molecule has 0 aromatic carbocycles. The fraction of sp³-hybridized carbons (Fsp3) is 0.667. The van der Waals surface area contributed by atoms with Gasteiger partial charge in [0, 0.05) is 6.08 Å². The van der Waals surface area contributed by atoms with E-state index in [1.807, 2.05) is 19.9 Å². The third kappa shape index (κ3) is 2.32. The minimum atomic E-state index is -0.280. The van der Waals surface area contributed by atoms with Crippen molar-refractivity contribution in [3.05, 3.63) is 34.0 Å². The van der Waals surface area contributed by atoms with Gasteiger partial charge in [0.1, 0.15) is 0 Å². The van der Waals surface area contributed by atoms with Crippen LogP contribution in [0.1, 0.15) is 26.7 Å². The van der Waals surface area contributed by atoms with E-state index in [1.54, 1.807) is 12.2 Å². The first-order valence-corrected chi connectivity index (χ1v) is 5.78. The molecule has 2 atom stereocenters. The molecule has 2 unspecified atom stereocenters. The minimum Gasteiger partial charge on any atom is -0.370 e. The second-order valence-electron chi connectivity index (χ2n) is 4.80. The minimum absolute atomic E-state index is 0.124.